The van der Waals surface area contributed by atoms with Crippen molar-refractivity contribution in [2.45, 2.75) is 0 Å². The molecule has 0 N–H and O–H groups in total. The summed E-state index contributed by atoms with van der Waals surface area (Å²) in [5, 5.41) is 0. The summed E-state index contributed by atoms with van der Waals surface area (Å²) in [6, 6.07) is 12.8. The van der Waals surface area contributed by atoms with Crippen molar-refractivity contribution in [2.24, 2.45) is 0 Å². The van der Waals surface area contributed by atoms with Gasteiger partial charge in [-0.3, -0.25) is 0 Å². The molecule has 3 rings (SSSR count). The van der Waals surface area contributed by atoms with Crippen molar-refractivity contribution >= 4 is 5.65 Å². The molecule has 0 aliphatic rings. The van der Waals surface area contributed by atoms with Crippen LogP contribution in [0.2, 0.25) is 0 Å². The Morgan fingerprint density at radius 3 is 2.56 bits per heavy atom. The average Bonchev–Trinajstić information content (AvgIpc) is 2.76. The summed E-state index contributed by atoms with van der Waals surface area (Å²) in [4.78, 5) is 4.27. The Hall–Kier alpha value is -2.16. The fraction of sp³-hybridized carbons (Fsp3) is 0. The molecular formula is C13H9FN2. The second-order valence-corrected chi connectivity index (χ2v) is 3.58. The standard InChI is InChI=1S/C13H9FN2/c14-11-7-4-8-16-9-12(15-13(11)16)10-5-2-1-3-6-10/h1-9H. The largest absolute Gasteiger partial charge is 0.304 e. The molecule has 1 aromatic carbocycles. The van der Waals surface area contributed by atoms with Crippen molar-refractivity contribution in [3.63, 3.8) is 0 Å². The van der Waals surface area contributed by atoms with Crippen LogP contribution in [-0.4, -0.2) is 9.38 Å². The number of pyridine rings is 1. The van der Waals surface area contributed by atoms with Crippen molar-refractivity contribution < 1.29 is 4.39 Å². The molecule has 78 valence electrons. The van der Waals surface area contributed by atoms with Gasteiger partial charge in [0.25, 0.3) is 0 Å². The molecule has 0 saturated heterocycles. The molecule has 3 aromatic rings. The topological polar surface area (TPSA) is 17.3 Å². The van der Waals surface area contributed by atoms with Gasteiger partial charge in [0.1, 0.15) is 0 Å². The van der Waals surface area contributed by atoms with Crippen LogP contribution in [0.1, 0.15) is 0 Å². The van der Waals surface area contributed by atoms with Gasteiger partial charge >= 0.3 is 0 Å². The smallest absolute Gasteiger partial charge is 0.173 e. The Balaban J connectivity index is 2.23. The molecule has 3 heteroatoms. The van der Waals surface area contributed by atoms with Crippen LogP contribution in [0, 0.1) is 5.82 Å². The van der Waals surface area contributed by atoms with Gasteiger partial charge in [-0.05, 0) is 12.1 Å². The molecule has 0 radical (unpaired) electrons. The van der Waals surface area contributed by atoms with Crippen molar-refractivity contribution in [1.82, 2.24) is 9.38 Å². The highest BCUT2D eigenvalue weighted by molar-refractivity contribution is 5.62. The lowest BCUT2D eigenvalue weighted by Crippen LogP contribution is -1.84. The van der Waals surface area contributed by atoms with Gasteiger partial charge in [0.15, 0.2) is 11.5 Å². The third-order valence-electron chi connectivity index (χ3n) is 2.50. The highest BCUT2D eigenvalue weighted by Gasteiger charge is 2.06. The first kappa shape index (κ1) is 9.09. The van der Waals surface area contributed by atoms with E-state index in [1.54, 1.807) is 16.7 Å². The third kappa shape index (κ3) is 1.37. The number of rotatable bonds is 1. The van der Waals surface area contributed by atoms with Crippen LogP contribution in [0.15, 0.2) is 54.9 Å². The van der Waals surface area contributed by atoms with Crippen LogP contribution in [0.3, 0.4) is 0 Å². The maximum absolute atomic E-state index is 13.4. The van der Waals surface area contributed by atoms with Crippen LogP contribution in [0.5, 0.6) is 0 Å². The van der Waals surface area contributed by atoms with E-state index in [1.807, 2.05) is 36.5 Å². The molecule has 0 aliphatic heterocycles. The minimum absolute atomic E-state index is 0.301. The van der Waals surface area contributed by atoms with Gasteiger partial charge in [0.2, 0.25) is 0 Å². The van der Waals surface area contributed by atoms with E-state index in [1.165, 1.54) is 6.07 Å². The van der Waals surface area contributed by atoms with Gasteiger partial charge in [-0.2, -0.15) is 0 Å². The summed E-state index contributed by atoms with van der Waals surface area (Å²) in [5.74, 6) is -0.301. The van der Waals surface area contributed by atoms with Gasteiger partial charge in [-0.1, -0.05) is 30.3 Å². The fourth-order valence-electron chi connectivity index (χ4n) is 1.73. The van der Waals surface area contributed by atoms with Gasteiger partial charge in [0, 0.05) is 18.0 Å². The zero-order valence-corrected chi connectivity index (χ0v) is 8.47. The average molecular weight is 212 g/mol. The molecular weight excluding hydrogens is 203 g/mol. The summed E-state index contributed by atoms with van der Waals surface area (Å²) in [6.07, 6.45) is 3.62. The van der Waals surface area contributed by atoms with E-state index >= 15 is 0 Å². The number of halogens is 1. The highest BCUT2D eigenvalue weighted by atomic mass is 19.1. The SMILES string of the molecule is Fc1cccn2cc(-c3ccccc3)nc12. The lowest BCUT2D eigenvalue weighted by atomic mass is 10.2. The summed E-state index contributed by atoms with van der Waals surface area (Å²) >= 11 is 0. The summed E-state index contributed by atoms with van der Waals surface area (Å²) in [6.45, 7) is 0. The molecule has 0 atom stereocenters. The monoisotopic (exact) mass is 212 g/mol. The van der Waals surface area contributed by atoms with E-state index in [0.717, 1.165) is 11.3 Å². The molecule has 16 heavy (non-hydrogen) atoms. The van der Waals surface area contributed by atoms with Gasteiger partial charge in [0.05, 0.1) is 5.69 Å². The molecule has 0 fully saturated rings. The minimum Gasteiger partial charge on any atom is -0.304 e. The molecule has 0 saturated carbocycles. The van der Waals surface area contributed by atoms with Crippen molar-refractivity contribution in [3.05, 3.63) is 60.7 Å². The predicted octanol–water partition coefficient (Wildman–Crippen LogP) is 3.14. The zero-order chi connectivity index (χ0) is 11.0. The molecule has 0 unspecified atom stereocenters. The number of nitrogens with zero attached hydrogens (tertiary/aromatic N) is 2. The second-order valence-electron chi connectivity index (χ2n) is 3.58. The molecule has 2 heterocycles. The Bertz CT molecular complexity index is 629. The highest BCUT2D eigenvalue weighted by Crippen LogP contribution is 2.19. The van der Waals surface area contributed by atoms with E-state index in [9.17, 15) is 4.39 Å². The first-order valence-electron chi connectivity index (χ1n) is 5.03. The van der Waals surface area contributed by atoms with Crippen LogP contribution >= 0.6 is 0 Å². The molecule has 2 nitrogen and oxygen atoms in total. The van der Waals surface area contributed by atoms with Gasteiger partial charge in [-0.25, -0.2) is 9.37 Å². The summed E-state index contributed by atoms with van der Waals surface area (Å²) in [7, 11) is 0. The number of fused-ring (bicyclic) bond motifs is 1. The normalized spacial score (nSPS) is 10.8. The van der Waals surface area contributed by atoms with Gasteiger partial charge in [-0.15, -0.1) is 0 Å². The first-order valence-corrected chi connectivity index (χ1v) is 5.03. The first-order chi connectivity index (χ1) is 7.84. The van der Waals surface area contributed by atoms with E-state index in [0.29, 0.717) is 5.65 Å². The van der Waals surface area contributed by atoms with E-state index in [2.05, 4.69) is 4.98 Å². The Morgan fingerprint density at radius 2 is 1.81 bits per heavy atom. The quantitative estimate of drug-likeness (QED) is 0.605. The lowest BCUT2D eigenvalue weighted by molar-refractivity contribution is 0.630. The van der Waals surface area contributed by atoms with Crippen LogP contribution in [-0.2, 0) is 0 Å². The molecule has 0 amide bonds. The minimum atomic E-state index is -0.301. The van der Waals surface area contributed by atoms with Crippen LogP contribution < -0.4 is 0 Å². The lowest BCUT2D eigenvalue weighted by Gasteiger charge is -1.92. The number of hydrogen-bond donors (Lipinski definition) is 0. The number of benzene rings is 1. The Labute approximate surface area is 92.0 Å². The maximum atomic E-state index is 13.4. The summed E-state index contributed by atoms with van der Waals surface area (Å²) < 4.78 is 15.1. The molecule has 0 aliphatic carbocycles. The maximum Gasteiger partial charge on any atom is 0.173 e. The van der Waals surface area contributed by atoms with E-state index in [-0.39, 0.29) is 5.82 Å². The van der Waals surface area contributed by atoms with Crippen LogP contribution in [0.4, 0.5) is 4.39 Å². The van der Waals surface area contributed by atoms with Crippen molar-refractivity contribution in [1.29, 1.82) is 0 Å². The van der Waals surface area contributed by atoms with Crippen molar-refractivity contribution in [2.75, 3.05) is 0 Å². The number of aromatic nitrogens is 2. The Morgan fingerprint density at radius 1 is 1.00 bits per heavy atom. The number of hydrogen-bond acceptors (Lipinski definition) is 1. The molecule has 0 spiro atoms. The van der Waals surface area contributed by atoms with E-state index in [4.69, 9.17) is 0 Å². The second kappa shape index (κ2) is 3.45. The van der Waals surface area contributed by atoms with E-state index < -0.39 is 0 Å². The van der Waals surface area contributed by atoms with Crippen LogP contribution in [0.25, 0.3) is 16.9 Å². The third-order valence-corrected chi connectivity index (χ3v) is 2.50. The van der Waals surface area contributed by atoms with Gasteiger partial charge < -0.3 is 4.40 Å². The number of imidazole rings is 1. The Kier molecular flexibility index (Phi) is 1.96. The zero-order valence-electron chi connectivity index (χ0n) is 8.47. The molecule has 0 bridgehead atoms. The summed E-state index contributed by atoms with van der Waals surface area (Å²) in [5.41, 5.74) is 2.14. The van der Waals surface area contributed by atoms with Crippen molar-refractivity contribution in [3.8, 4) is 11.3 Å². The molecule has 2 aromatic heterocycles. The predicted molar refractivity (Wildman–Crippen MR) is 60.6 cm³/mol. The fourth-order valence-corrected chi connectivity index (χ4v) is 1.73.